The van der Waals surface area contributed by atoms with Crippen LogP contribution in [0.15, 0.2) is 47.4 Å². The smallest absolute Gasteiger partial charge is 0.335 e. The van der Waals surface area contributed by atoms with Crippen LogP contribution < -0.4 is 4.72 Å². The number of carboxylic acids is 1. The molecule has 0 amide bonds. The summed E-state index contributed by atoms with van der Waals surface area (Å²) in [6.07, 6.45) is 0. The topological polar surface area (TPSA) is 83.5 Å². The van der Waals surface area contributed by atoms with Gasteiger partial charge in [-0.15, -0.1) is 0 Å². The monoisotopic (exact) mass is 359 g/mol. The molecule has 0 aromatic heterocycles. The predicted octanol–water partition coefficient (Wildman–Crippen LogP) is 3.17. The van der Waals surface area contributed by atoms with E-state index in [4.69, 9.17) is 28.3 Å². The minimum absolute atomic E-state index is 0.0101. The quantitative estimate of drug-likeness (QED) is 0.858. The van der Waals surface area contributed by atoms with Gasteiger partial charge in [0.2, 0.25) is 10.0 Å². The Labute approximate surface area is 137 Å². The van der Waals surface area contributed by atoms with Gasteiger partial charge in [-0.1, -0.05) is 41.4 Å². The van der Waals surface area contributed by atoms with Crippen LogP contribution in [0, 0.1) is 0 Å². The van der Waals surface area contributed by atoms with Gasteiger partial charge in [0.1, 0.15) is 4.90 Å². The van der Waals surface area contributed by atoms with Crippen LogP contribution in [0.1, 0.15) is 15.9 Å². The van der Waals surface area contributed by atoms with Gasteiger partial charge in [-0.05, 0) is 29.8 Å². The fourth-order valence-electron chi connectivity index (χ4n) is 1.75. The second-order valence-electron chi connectivity index (χ2n) is 4.38. The van der Waals surface area contributed by atoms with Crippen LogP contribution in [-0.2, 0) is 16.6 Å². The molecule has 0 aliphatic carbocycles. The number of nitrogens with one attached hydrogen (secondary N) is 1. The second-order valence-corrected chi connectivity index (χ2v) is 6.90. The van der Waals surface area contributed by atoms with Crippen molar-refractivity contribution in [2.75, 3.05) is 0 Å². The normalized spacial score (nSPS) is 11.4. The lowest BCUT2D eigenvalue weighted by Crippen LogP contribution is -2.24. The first-order valence-electron chi connectivity index (χ1n) is 6.07. The summed E-state index contributed by atoms with van der Waals surface area (Å²) in [4.78, 5) is 10.6. The molecular formula is C14H11Cl2NO4S. The Morgan fingerprint density at radius 2 is 1.59 bits per heavy atom. The van der Waals surface area contributed by atoms with Gasteiger partial charge in [0.25, 0.3) is 0 Å². The SMILES string of the molecule is O=C(O)c1ccc(CNS(=O)(=O)c2c(Cl)cccc2Cl)cc1. The molecule has 22 heavy (non-hydrogen) atoms. The lowest BCUT2D eigenvalue weighted by Gasteiger charge is -2.10. The van der Waals surface area contributed by atoms with Crippen LogP contribution in [0.4, 0.5) is 0 Å². The van der Waals surface area contributed by atoms with E-state index >= 15 is 0 Å². The predicted molar refractivity (Wildman–Crippen MR) is 83.9 cm³/mol. The number of rotatable bonds is 5. The number of sulfonamides is 1. The maximum atomic E-state index is 12.2. The van der Waals surface area contributed by atoms with E-state index in [0.717, 1.165) is 0 Å². The van der Waals surface area contributed by atoms with Crippen LogP contribution in [0.2, 0.25) is 10.0 Å². The van der Waals surface area contributed by atoms with Gasteiger partial charge < -0.3 is 5.11 Å². The Hall–Kier alpha value is -1.60. The average molecular weight is 360 g/mol. The summed E-state index contributed by atoms with van der Waals surface area (Å²) in [6.45, 7) is -0.0101. The van der Waals surface area contributed by atoms with Crippen LogP contribution in [0.3, 0.4) is 0 Å². The van der Waals surface area contributed by atoms with E-state index < -0.39 is 16.0 Å². The number of carboxylic acid groups (broad SMARTS) is 1. The molecule has 0 atom stereocenters. The van der Waals surface area contributed by atoms with Crippen LogP contribution in [0.5, 0.6) is 0 Å². The third-order valence-electron chi connectivity index (χ3n) is 2.85. The largest absolute Gasteiger partial charge is 0.478 e. The number of hydrogen-bond acceptors (Lipinski definition) is 3. The highest BCUT2D eigenvalue weighted by Crippen LogP contribution is 2.28. The Bertz CT molecular complexity index is 784. The molecule has 0 bridgehead atoms. The van der Waals surface area contributed by atoms with Crippen molar-refractivity contribution in [3.8, 4) is 0 Å². The minimum atomic E-state index is -3.88. The zero-order valence-electron chi connectivity index (χ0n) is 11.1. The minimum Gasteiger partial charge on any atom is -0.478 e. The number of carbonyl (C=O) groups is 1. The molecule has 0 spiro atoms. The number of halogens is 2. The first-order chi connectivity index (χ1) is 10.3. The summed E-state index contributed by atoms with van der Waals surface area (Å²) in [7, 11) is -3.88. The fourth-order valence-corrected chi connectivity index (χ4v) is 3.91. The van der Waals surface area contributed by atoms with E-state index in [1.165, 1.54) is 36.4 Å². The molecule has 2 N–H and O–H groups in total. The van der Waals surface area contributed by atoms with Crippen molar-refractivity contribution in [3.05, 3.63) is 63.6 Å². The molecule has 0 aliphatic heterocycles. The van der Waals surface area contributed by atoms with Gasteiger partial charge in [-0.2, -0.15) is 0 Å². The number of benzene rings is 2. The van der Waals surface area contributed by atoms with E-state index in [0.29, 0.717) is 5.56 Å². The van der Waals surface area contributed by atoms with E-state index in [1.54, 1.807) is 6.07 Å². The standard InChI is InChI=1S/C14H11Cl2NO4S/c15-11-2-1-3-12(16)13(11)22(20,21)17-8-9-4-6-10(7-5-9)14(18)19/h1-7,17H,8H2,(H,18,19). The molecule has 2 rings (SSSR count). The van der Waals surface area contributed by atoms with Crippen molar-refractivity contribution < 1.29 is 18.3 Å². The summed E-state index contributed by atoms with van der Waals surface area (Å²) >= 11 is 11.8. The van der Waals surface area contributed by atoms with Crippen molar-refractivity contribution in [2.45, 2.75) is 11.4 Å². The van der Waals surface area contributed by atoms with Gasteiger partial charge in [-0.25, -0.2) is 17.9 Å². The first-order valence-corrected chi connectivity index (χ1v) is 8.31. The maximum Gasteiger partial charge on any atom is 0.335 e. The highest BCUT2D eigenvalue weighted by molar-refractivity contribution is 7.89. The Morgan fingerprint density at radius 3 is 2.09 bits per heavy atom. The van der Waals surface area contributed by atoms with E-state index in [-0.39, 0.29) is 27.0 Å². The van der Waals surface area contributed by atoms with Crippen molar-refractivity contribution in [2.24, 2.45) is 0 Å². The molecule has 116 valence electrons. The maximum absolute atomic E-state index is 12.2. The molecular weight excluding hydrogens is 349 g/mol. The van der Waals surface area contributed by atoms with Gasteiger partial charge in [0.15, 0.2) is 0 Å². The van der Waals surface area contributed by atoms with E-state index in [1.807, 2.05) is 0 Å². The summed E-state index contributed by atoms with van der Waals surface area (Å²) in [5.74, 6) is -1.05. The van der Waals surface area contributed by atoms with Crippen molar-refractivity contribution in [3.63, 3.8) is 0 Å². The molecule has 5 nitrogen and oxygen atoms in total. The van der Waals surface area contributed by atoms with Gasteiger partial charge in [-0.3, -0.25) is 0 Å². The molecule has 0 unspecified atom stereocenters. The molecule has 0 heterocycles. The summed E-state index contributed by atoms with van der Waals surface area (Å²) < 4.78 is 26.9. The highest BCUT2D eigenvalue weighted by Gasteiger charge is 2.21. The average Bonchev–Trinajstić information content (AvgIpc) is 2.45. The third kappa shape index (κ3) is 3.78. The molecule has 0 fully saturated rings. The summed E-state index contributed by atoms with van der Waals surface area (Å²) in [5, 5.41) is 8.86. The number of hydrogen-bond donors (Lipinski definition) is 2. The van der Waals surface area contributed by atoms with Gasteiger partial charge in [0.05, 0.1) is 15.6 Å². The molecule has 0 saturated heterocycles. The van der Waals surface area contributed by atoms with E-state index in [9.17, 15) is 13.2 Å². The van der Waals surface area contributed by atoms with Crippen molar-refractivity contribution in [1.82, 2.24) is 4.72 Å². The van der Waals surface area contributed by atoms with E-state index in [2.05, 4.69) is 4.72 Å². The Balaban J connectivity index is 2.18. The summed E-state index contributed by atoms with van der Waals surface area (Å²) in [6, 6.07) is 10.3. The van der Waals surface area contributed by atoms with Crippen molar-refractivity contribution in [1.29, 1.82) is 0 Å². The molecule has 2 aromatic carbocycles. The zero-order valence-corrected chi connectivity index (χ0v) is 13.4. The van der Waals surface area contributed by atoms with Gasteiger partial charge in [0, 0.05) is 6.54 Å². The van der Waals surface area contributed by atoms with Gasteiger partial charge >= 0.3 is 5.97 Å². The molecule has 0 saturated carbocycles. The van der Waals surface area contributed by atoms with Crippen LogP contribution >= 0.6 is 23.2 Å². The second kappa shape index (κ2) is 6.66. The first kappa shape index (κ1) is 16.8. The Kier molecular flexibility index (Phi) is 5.08. The van der Waals surface area contributed by atoms with Crippen LogP contribution in [-0.4, -0.2) is 19.5 Å². The lowest BCUT2D eigenvalue weighted by atomic mass is 10.1. The molecule has 0 aliphatic rings. The molecule has 2 aromatic rings. The number of aromatic carboxylic acids is 1. The fraction of sp³-hybridized carbons (Fsp3) is 0.0714. The van der Waals surface area contributed by atoms with Crippen LogP contribution in [0.25, 0.3) is 0 Å². The summed E-state index contributed by atoms with van der Waals surface area (Å²) in [5.41, 5.74) is 0.734. The highest BCUT2D eigenvalue weighted by atomic mass is 35.5. The molecule has 0 radical (unpaired) electrons. The lowest BCUT2D eigenvalue weighted by molar-refractivity contribution is 0.0697. The third-order valence-corrected chi connectivity index (χ3v) is 5.21. The zero-order chi connectivity index (χ0) is 16.3. The Morgan fingerprint density at radius 1 is 1.05 bits per heavy atom. The molecule has 8 heteroatoms. The van der Waals surface area contributed by atoms with Crippen molar-refractivity contribution >= 4 is 39.2 Å².